The highest BCUT2D eigenvalue weighted by Gasteiger charge is 2.13. The van der Waals surface area contributed by atoms with Gasteiger partial charge in [0.15, 0.2) is 11.5 Å². The van der Waals surface area contributed by atoms with Gasteiger partial charge in [-0.05, 0) is 6.92 Å². The van der Waals surface area contributed by atoms with Crippen LogP contribution in [0.2, 0.25) is 0 Å². The van der Waals surface area contributed by atoms with Crippen molar-refractivity contribution in [3.05, 3.63) is 6.33 Å². The number of anilines is 2. The van der Waals surface area contributed by atoms with Crippen molar-refractivity contribution in [1.82, 2.24) is 19.9 Å². The molecule has 0 fully saturated rings. The highest BCUT2D eigenvalue weighted by Crippen LogP contribution is 2.21. The van der Waals surface area contributed by atoms with Crippen LogP contribution in [-0.4, -0.2) is 33.0 Å². The van der Waals surface area contributed by atoms with E-state index in [-0.39, 0.29) is 5.95 Å². The van der Waals surface area contributed by atoms with E-state index >= 15 is 0 Å². The first kappa shape index (κ1) is 10.2. The van der Waals surface area contributed by atoms with Crippen molar-refractivity contribution >= 4 is 22.9 Å². The molecule has 0 unspecified atom stereocenters. The fourth-order valence-corrected chi connectivity index (χ4v) is 1.51. The minimum Gasteiger partial charge on any atom is -0.368 e. The Bertz CT molecular complexity index is 538. The molecular formula is C10H12N6. The van der Waals surface area contributed by atoms with Gasteiger partial charge in [-0.1, -0.05) is 5.92 Å². The third kappa shape index (κ3) is 1.63. The summed E-state index contributed by atoms with van der Waals surface area (Å²) in [5.74, 6) is 3.48. The molecule has 3 N–H and O–H groups in total. The Balaban J connectivity index is 2.57. The maximum atomic E-state index is 5.62. The number of nitrogens with two attached hydrogens (primary N) is 1. The van der Waals surface area contributed by atoms with Crippen LogP contribution in [0.4, 0.5) is 11.8 Å². The number of rotatable bonds is 3. The van der Waals surface area contributed by atoms with Crippen LogP contribution in [0, 0.1) is 12.3 Å². The average Bonchev–Trinajstić information content (AvgIpc) is 2.72. The van der Waals surface area contributed by atoms with Crippen molar-refractivity contribution in [2.24, 2.45) is 0 Å². The summed E-state index contributed by atoms with van der Waals surface area (Å²) in [6, 6.07) is 0. The SMILES string of the molecule is C#CCN(CC)c1nc(N)nc2nc[nH]c12. The molecule has 6 heteroatoms. The van der Waals surface area contributed by atoms with E-state index in [0.29, 0.717) is 18.0 Å². The summed E-state index contributed by atoms with van der Waals surface area (Å²) in [6.07, 6.45) is 6.87. The number of imidazole rings is 1. The van der Waals surface area contributed by atoms with Crippen LogP contribution in [0.1, 0.15) is 6.92 Å². The predicted octanol–water partition coefficient (Wildman–Crippen LogP) is 0.395. The van der Waals surface area contributed by atoms with E-state index in [4.69, 9.17) is 12.2 Å². The lowest BCUT2D eigenvalue weighted by molar-refractivity contribution is 0.896. The van der Waals surface area contributed by atoms with Gasteiger partial charge < -0.3 is 15.6 Å². The van der Waals surface area contributed by atoms with Gasteiger partial charge in [-0.3, -0.25) is 0 Å². The summed E-state index contributed by atoms with van der Waals surface area (Å²) in [7, 11) is 0. The number of hydrogen-bond donors (Lipinski definition) is 2. The van der Waals surface area contributed by atoms with Gasteiger partial charge in [-0.2, -0.15) is 9.97 Å². The summed E-state index contributed by atoms with van der Waals surface area (Å²) >= 11 is 0. The monoisotopic (exact) mass is 216 g/mol. The maximum absolute atomic E-state index is 5.62. The van der Waals surface area contributed by atoms with E-state index in [9.17, 15) is 0 Å². The summed E-state index contributed by atoms with van der Waals surface area (Å²) in [4.78, 5) is 17.2. The van der Waals surface area contributed by atoms with Crippen LogP contribution in [-0.2, 0) is 0 Å². The molecule has 0 bridgehead atoms. The second-order valence-corrected chi connectivity index (χ2v) is 3.22. The minimum atomic E-state index is 0.199. The number of terminal acetylenes is 1. The number of hydrogen-bond acceptors (Lipinski definition) is 5. The molecule has 0 radical (unpaired) electrons. The number of aromatic amines is 1. The largest absolute Gasteiger partial charge is 0.368 e. The lowest BCUT2D eigenvalue weighted by Crippen LogP contribution is -2.24. The number of aromatic nitrogens is 4. The van der Waals surface area contributed by atoms with Crippen molar-refractivity contribution in [3.63, 3.8) is 0 Å². The van der Waals surface area contributed by atoms with Gasteiger partial charge in [0.2, 0.25) is 5.95 Å². The molecule has 2 rings (SSSR count). The molecule has 2 heterocycles. The van der Waals surface area contributed by atoms with E-state index in [1.165, 1.54) is 0 Å². The van der Waals surface area contributed by atoms with E-state index in [1.54, 1.807) is 6.33 Å². The molecule has 0 saturated carbocycles. The molecule has 0 saturated heterocycles. The molecule has 0 aliphatic carbocycles. The second-order valence-electron chi connectivity index (χ2n) is 3.22. The van der Waals surface area contributed by atoms with Crippen molar-refractivity contribution in [3.8, 4) is 12.3 Å². The lowest BCUT2D eigenvalue weighted by Gasteiger charge is -2.19. The predicted molar refractivity (Wildman–Crippen MR) is 62.8 cm³/mol. The van der Waals surface area contributed by atoms with Crippen LogP contribution in [0.25, 0.3) is 11.2 Å². The third-order valence-electron chi connectivity index (χ3n) is 2.25. The van der Waals surface area contributed by atoms with Crippen LogP contribution in [0.5, 0.6) is 0 Å². The summed E-state index contributed by atoms with van der Waals surface area (Å²) in [6.45, 7) is 3.22. The molecule has 0 aliphatic rings. The molecule has 0 atom stereocenters. The summed E-state index contributed by atoms with van der Waals surface area (Å²) in [5.41, 5.74) is 6.93. The standard InChI is InChI=1S/C10H12N6/c1-3-5-16(4-2)9-7-8(13-6-12-7)14-10(11)15-9/h1,6H,4-5H2,2H3,(H3,11,12,13,14,15). The van der Waals surface area contributed by atoms with Gasteiger partial charge in [0.25, 0.3) is 0 Å². The van der Waals surface area contributed by atoms with Gasteiger partial charge in [-0.25, -0.2) is 4.98 Å². The first-order chi connectivity index (χ1) is 7.76. The Morgan fingerprint density at radius 1 is 1.56 bits per heavy atom. The van der Waals surface area contributed by atoms with Gasteiger partial charge in [0.1, 0.15) is 5.52 Å². The van der Waals surface area contributed by atoms with Gasteiger partial charge in [-0.15, -0.1) is 6.42 Å². The Kier molecular flexibility index (Phi) is 2.60. The molecule has 0 spiro atoms. The molecule has 82 valence electrons. The zero-order valence-electron chi connectivity index (χ0n) is 8.94. The third-order valence-corrected chi connectivity index (χ3v) is 2.25. The normalized spacial score (nSPS) is 10.2. The zero-order chi connectivity index (χ0) is 11.5. The fourth-order valence-electron chi connectivity index (χ4n) is 1.51. The number of nitrogen functional groups attached to an aromatic ring is 1. The number of nitrogens with zero attached hydrogens (tertiary/aromatic N) is 4. The number of nitrogens with one attached hydrogen (secondary N) is 1. The van der Waals surface area contributed by atoms with Crippen LogP contribution >= 0.6 is 0 Å². The van der Waals surface area contributed by atoms with Crippen LogP contribution in [0.3, 0.4) is 0 Å². The molecule has 2 aromatic heterocycles. The van der Waals surface area contributed by atoms with E-state index < -0.39 is 0 Å². The summed E-state index contributed by atoms with van der Waals surface area (Å²) < 4.78 is 0. The first-order valence-corrected chi connectivity index (χ1v) is 4.91. The van der Waals surface area contributed by atoms with Crippen LogP contribution in [0.15, 0.2) is 6.33 Å². The topological polar surface area (TPSA) is 83.7 Å². The zero-order valence-corrected chi connectivity index (χ0v) is 8.94. The fraction of sp³-hybridized carbons (Fsp3) is 0.300. The van der Waals surface area contributed by atoms with Gasteiger partial charge in [0.05, 0.1) is 12.9 Å². The van der Waals surface area contributed by atoms with E-state index in [0.717, 1.165) is 12.1 Å². The minimum absolute atomic E-state index is 0.199. The Hall–Kier alpha value is -2.29. The molecule has 16 heavy (non-hydrogen) atoms. The Morgan fingerprint density at radius 2 is 2.38 bits per heavy atom. The molecule has 6 nitrogen and oxygen atoms in total. The quantitative estimate of drug-likeness (QED) is 0.725. The van der Waals surface area contributed by atoms with E-state index in [1.807, 2.05) is 11.8 Å². The first-order valence-electron chi connectivity index (χ1n) is 4.91. The average molecular weight is 216 g/mol. The van der Waals surface area contributed by atoms with Crippen molar-refractivity contribution in [2.75, 3.05) is 23.7 Å². The summed E-state index contributed by atoms with van der Waals surface area (Å²) in [5, 5.41) is 0. The van der Waals surface area contributed by atoms with E-state index in [2.05, 4.69) is 25.9 Å². The molecule has 0 aliphatic heterocycles. The van der Waals surface area contributed by atoms with Crippen LogP contribution < -0.4 is 10.6 Å². The lowest BCUT2D eigenvalue weighted by atomic mass is 10.4. The van der Waals surface area contributed by atoms with Crippen molar-refractivity contribution in [1.29, 1.82) is 0 Å². The Labute approximate surface area is 92.9 Å². The molecule has 0 aromatic carbocycles. The number of fused-ring (bicyclic) bond motifs is 1. The highest BCUT2D eigenvalue weighted by atomic mass is 15.2. The van der Waals surface area contributed by atoms with Crippen molar-refractivity contribution in [2.45, 2.75) is 6.92 Å². The highest BCUT2D eigenvalue weighted by molar-refractivity contribution is 5.84. The molecule has 0 amide bonds. The smallest absolute Gasteiger partial charge is 0.224 e. The second kappa shape index (κ2) is 4.06. The number of H-pyrrole nitrogens is 1. The Morgan fingerprint density at radius 3 is 3.06 bits per heavy atom. The van der Waals surface area contributed by atoms with Gasteiger partial charge >= 0.3 is 0 Å². The van der Waals surface area contributed by atoms with Crippen molar-refractivity contribution < 1.29 is 0 Å². The molecular weight excluding hydrogens is 204 g/mol. The molecule has 2 aromatic rings. The van der Waals surface area contributed by atoms with Gasteiger partial charge in [0, 0.05) is 6.54 Å². The maximum Gasteiger partial charge on any atom is 0.224 e.